The lowest BCUT2D eigenvalue weighted by Crippen LogP contribution is -2.32. The van der Waals surface area contributed by atoms with E-state index in [1.165, 1.54) is 11.9 Å². The maximum Gasteiger partial charge on any atom is 0.241 e. The largest absolute Gasteiger partial charge is 0.484 e. The Bertz CT molecular complexity index is 927. The Labute approximate surface area is 162 Å². The fourth-order valence-electron chi connectivity index (χ4n) is 2.96. The highest BCUT2D eigenvalue weighted by Gasteiger charge is 2.16. The molecule has 0 spiro atoms. The van der Waals surface area contributed by atoms with Crippen molar-refractivity contribution in [2.45, 2.75) is 0 Å². The molecule has 0 N–H and O–H groups in total. The summed E-state index contributed by atoms with van der Waals surface area (Å²) in [7, 11) is 0. The smallest absolute Gasteiger partial charge is 0.241 e. The first-order chi connectivity index (χ1) is 13.3. The Hall–Kier alpha value is -2.41. The fraction of sp³-hybridized carbons (Fsp3) is 0.238. The Morgan fingerprint density at radius 1 is 1.07 bits per heavy atom. The van der Waals surface area contributed by atoms with Gasteiger partial charge in [0.25, 0.3) is 0 Å². The minimum atomic E-state index is -0.0148. The van der Waals surface area contributed by atoms with Crippen LogP contribution in [0, 0.1) is 0 Å². The van der Waals surface area contributed by atoms with Crippen molar-refractivity contribution in [2.24, 2.45) is 0 Å². The van der Waals surface area contributed by atoms with E-state index in [0.29, 0.717) is 19.0 Å². The van der Waals surface area contributed by atoms with Crippen molar-refractivity contribution in [3.05, 3.63) is 60.7 Å². The van der Waals surface area contributed by atoms with Crippen LogP contribution in [0.2, 0.25) is 0 Å². The maximum atomic E-state index is 12.3. The third-order valence-electron chi connectivity index (χ3n) is 4.29. The van der Waals surface area contributed by atoms with Crippen molar-refractivity contribution in [3.63, 3.8) is 0 Å². The number of hydrogen-bond donors (Lipinski definition) is 0. The first-order valence-electron chi connectivity index (χ1n) is 8.91. The van der Waals surface area contributed by atoms with Gasteiger partial charge in [0.15, 0.2) is 6.61 Å². The molecular formula is C21H20N2O3S. The van der Waals surface area contributed by atoms with Crippen LogP contribution >= 0.6 is 11.9 Å². The number of carbonyl (C=O) groups excluding carboxylic acids is 1. The van der Waals surface area contributed by atoms with Gasteiger partial charge in [-0.1, -0.05) is 42.5 Å². The van der Waals surface area contributed by atoms with Gasteiger partial charge in [0.2, 0.25) is 5.12 Å². The van der Waals surface area contributed by atoms with E-state index >= 15 is 0 Å². The average molecular weight is 380 g/mol. The van der Waals surface area contributed by atoms with Crippen molar-refractivity contribution < 1.29 is 14.3 Å². The van der Waals surface area contributed by atoms with Crippen molar-refractivity contribution in [1.82, 2.24) is 9.29 Å². The van der Waals surface area contributed by atoms with Crippen LogP contribution < -0.4 is 4.74 Å². The Morgan fingerprint density at radius 2 is 1.81 bits per heavy atom. The van der Waals surface area contributed by atoms with E-state index in [1.807, 2.05) is 65.0 Å². The summed E-state index contributed by atoms with van der Waals surface area (Å²) in [4.78, 5) is 17.1. The molecule has 138 valence electrons. The highest BCUT2D eigenvalue weighted by molar-refractivity contribution is 8.11. The lowest BCUT2D eigenvalue weighted by molar-refractivity contribution is -0.113. The van der Waals surface area contributed by atoms with E-state index in [9.17, 15) is 4.79 Å². The van der Waals surface area contributed by atoms with Gasteiger partial charge >= 0.3 is 0 Å². The van der Waals surface area contributed by atoms with Crippen molar-refractivity contribution in [3.8, 4) is 17.0 Å². The number of ether oxygens (including phenoxy) is 2. The zero-order valence-electron chi connectivity index (χ0n) is 14.8. The number of morpholine rings is 1. The monoisotopic (exact) mass is 380 g/mol. The van der Waals surface area contributed by atoms with Crippen LogP contribution in [0.15, 0.2) is 60.7 Å². The number of hydrogen-bond acceptors (Lipinski definition) is 6. The summed E-state index contributed by atoms with van der Waals surface area (Å²) in [5.41, 5.74) is 2.70. The second kappa shape index (κ2) is 8.52. The second-order valence-electron chi connectivity index (χ2n) is 6.18. The normalized spacial score (nSPS) is 15.0. The Balaban J connectivity index is 1.54. The molecule has 1 aliphatic heterocycles. The van der Waals surface area contributed by atoms with E-state index in [-0.39, 0.29) is 11.7 Å². The van der Waals surface area contributed by atoms with E-state index in [2.05, 4.69) is 0 Å². The first-order valence-corrected chi connectivity index (χ1v) is 9.68. The third-order valence-corrected chi connectivity index (χ3v) is 5.24. The number of pyridine rings is 1. The molecule has 2 aromatic carbocycles. The lowest BCUT2D eigenvalue weighted by atomic mass is 10.1. The van der Waals surface area contributed by atoms with Crippen molar-refractivity contribution in [1.29, 1.82) is 0 Å². The molecule has 1 saturated heterocycles. The molecule has 3 aromatic rings. The molecule has 0 saturated carbocycles. The number of aromatic nitrogens is 1. The van der Waals surface area contributed by atoms with Crippen LogP contribution in [-0.4, -0.2) is 47.3 Å². The average Bonchev–Trinajstić information content (AvgIpc) is 2.73. The summed E-state index contributed by atoms with van der Waals surface area (Å²) in [6.45, 7) is 2.86. The minimum absolute atomic E-state index is 0.0148. The predicted octanol–water partition coefficient (Wildman–Crippen LogP) is 3.79. The molecule has 0 amide bonds. The van der Waals surface area contributed by atoms with E-state index in [1.54, 1.807) is 0 Å². The number of benzene rings is 2. The Kier molecular flexibility index (Phi) is 5.67. The van der Waals surface area contributed by atoms with E-state index in [4.69, 9.17) is 14.5 Å². The molecule has 0 unspecified atom stereocenters. The molecule has 0 aliphatic carbocycles. The summed E-state index contributed by atoms with van der Waals surface area (Å²) in [6, 6.07) is 19.7. The molecule has 1 aromatic heterocycles. The molecule has 0 bridgehead atoms. The molecule has 2 heterocycles. The van der Waals surface area contributed by atoms with Gasteiger partial charge in [-0.25, -0.2) is 9.29 Å². The number of para-hydroxylation sites is 1. The number of nitrogens with zero attached hydrogens (tertiary/aromatic N) is 2. The van der Waals surface area contributed by atoms with Crippen LogP contribution in [0.1, 0.15) is 0 Å². The number of fused-ring (bicyclic) bond motifs is 1. The molecule has 4 rings (SSSR count). The van der Waals surface area contributed by atoms with Gasteiger partial charge < -0.3 is 9.47 Å². The highest BCUT2D eigenvalue weighted by Crippen LogP contribution is 2.30. The summed E-state index contributed by atoms with van der Waals surface area (Å²) >= 11 is 1.22. The third kappa shape index (κ3) is 4.47. The Morgan fingerprint density at radius 3 is 2.63 bits per heavy atom. The van der Waals surface area contributed by atoms with Crippen molar-refractivity contribution >= 4 is 28.0 Å². The molecule has 1 aliphatic rings. The van der Waals surface area contributed by atoms with Crippen LogP contribution in [0.25, 0.3) is 22.2 Å². The number of rotatable bonds is 5. The summed E-state index contributed by atoms with van der Waals surface area (Å²) in [5.74, 6) is 0.676. The molecule has 6 heteroatoms. The summed E-state index contributed by atoms with van der Waals surface area (Å²) in [5, 5.41) is 0.889. The predicted molar refractivity (Wildman–Crippen MR) is 108 cm³/mol. The van der Waals surface area contributed by atoms with Gasteiger partial charge in [-0.15, -0.1) is 0 Å². The SMILES string of the molecule is O=C(COc1cc(-c2ccccc2)nc2ccccc12)SN1CCOCC1. The maximum absolute atomic E-state index is 12.3. The molecule has 1 fully saturated rings. The van der Waals surface area contributed by atoms with Gasteiger partial charge in [-0.2, -0.15) is 0 Å². The highest BCUT2D eigenvalue weighted by atomic mass is 32.2. The first kappa shape index (κ1) is 18.0. The lowest BCUT2D eigenvalue weighted by Gasteiger charge is -2.24. The van der Waals surface area contributed by atoms with Gasteiger partial charge in [0.1, 0.15) is 5.75 Å². The minimum Gasteiger partial charge on any atom is -0.484 e. The van der Waals surface area contributed by atoms with Gasteiger partial charge in [0.05, 0.1) is 24.4 Å². The topological polar surface area (TPSA) is 51.7 Å². The second-order valence-corrected chi connectivity index (χ2v) is 7.34. The fourth-order valence-corrected chi connectivity index (χ4v) is 3.70. The number of carbonyl (C=O) groups is 1. The van der Waals surface area contributed by atoms with Crippen LogP contribution in [0.5, 0.6) is 5.75 Å². The molecule has 5 nitrogen and oxygen atoms in total. The standard InChI is InChI=1S/C21H20N2O3S/c24-21(27-23-10-12-25-13-11-23)15-26-20-14-19(16-6-2-1-3-7-16)22-18-9-5-4-8-17(18)20/h1-9,14H,10-13,15H2. The van der Waals surface area contributed by atoms with Gasteiger partial charge in [-0.05, 0) is 12.1 Å². The van der Waals surface area contributed by atoms with Gasteiger partial charge in [-0.3, -0.25) is 4.79 Å². The van der Waals surface area contributed by atoms with Crippen LogP contribution in [-0.2, 0) is 9.53 Å². The van der Waals surface area contributed by atoms with Crippen LogP contribution in [0.4, 0.5) is 0 Å². The molecular weight excluding hydrogens is 360 g/mol. The van der Waals surface area contributed by atoms with Crippen LogP contribution in [0.3, 0.4) is 0 Å². The molecule has 27 heavy (non-hydrogen) atoms. The quantitative estimate of drug-likeness (QED) is 0.628. The van der Waals surface area contributed by atoms with E-state index < -0.39 is 0 Å². The van der Waals surface area contributed by atoms with E-state index in [0.717, 1.165) is 35.2 Å². The zero-order chi connectivity index (χ0) is 18.5. The summed E-state index contributed by atoms with van der Waals surface area (Å²) in [6.07, 6.45) is 0. The van der Waals surface area contributed by atoms with Gasteiger partial charge in [0, 0.05) is 42.1 Å². The summed E-state index contributed by atoms with van der Waals surface area (Å²) < 4.78 is 13.2. The van der Waals surface area contributed by atoms with Crippen molar-refractivity contribution in [2.75, 3.05) is 32.9 Å². The molecule has 0 atom stereocenters. The zero-order valence-corrected chi connectivity index (χ0v) is 15.7. The molecule has 0 radical (unpaired) electrons.